The number of fused-ring (bicyclic) bond motifs is 3. The van der Waals surface area contributed by atoms with Crippen LogP contribution >= 0.6 is 0 Å². The molecule has 0 aliphatic heterocycles. The number of aliphatic hydroxyl groups excluding tert-OH is 2. The number of Topliss-reactive ketones (excluding diaryl/α,β-unsaturated/α-hetero) is 2. The molecule has 1 aromatic rings. The Morgan fingerprint density at radius 2 is 1.80 bits per heavy atom. The number of aliphatic hydroxyl groups is 3. The Morgan fingerprint density at radius 1 is 1.20 bits per heavy atom. The molecule has 3 aliphatic rings. The SMILES string of the molecule is CC(C)CN(c1cc([N+](=O)[O-])c(O)c2c1CC1CC3[C@H](N(C)C)C(=O)C(C(N)=O)=C(O)[C@@]3(O)C(=O)C1=C2O)C(C)C. The monoisotopic (exact) mass is 572 g/mol. The maximum Gasteiger partial charge on any atom is 0.313 e. The van der Waals surface area contributed by atoms with Gasteiger partial charge in [-0.3, -0.25) is 29.4 Å². The summed E-state index contributed by atoms with van der Waals surface area (Å²) in [6.45, 7) is 8.27. The predicted molar refractivity (Wildman–Crippen MR) is 148 cm³/mol. The molecule has 1 fully saturated rings. The van der Waals surface area contributed by atoms with Crippen LogP contribution in [-0.4, -0.2) is 86.0 Å². The topological polar surface area (TPSA) is 208 Å². The largest absolute Gasteiger partial charge is 0.508 e. The summed E-state index contributed by atoms with van der Waals surface area (Å²) in [6, 6.07) is -0.0686. The molecule has 1 saturated carbocycles. The zero-order valence-electron chi connectivity index (χ0n) is 23.8. The highest BCUT2D eigenvalue weighted by molar-refractivity contribution is 6.24. The van der Waals surface area contributed by atoms with Crippen molar-refractivity contribution in [3.05, 3.63) is 44.2 Å². The van der Waals surface area contributed by atoms with Gasteiger partial charge in [0.05, 0.1) is 16.5 Å². The lowest BCUT2D eigenvalue weighted by atomic mass is 9.57. The van der Waals surface area contributed by atoms with E-state index in [0.717, 1.165) is 0 Å². The number of benzene rings is 1. The minimum Gasteiger partial charge on any atom is -0.508 e. The highest BCUT2D eigenvalue weighted by Crippen LogP contribution is 2.55. The zero-order chi connectivity index (χ0) is 30.9. The number of primary amides is 1. The second kappa shape index (κ2) is 10.1. The van der Waals surface area contributed by atoms with Crippen LogP contribution in [0.2, 0.25) is 0 Å². The number of anilines is 1. The normalized spacial score (nSPS) is 26.0. The molecule has 2 unspecified atom stereocenters. The number of nitro benzene ring substituents is 1. The standard InChI is InChI=1S/C28H36N4O9/c1-11(2)10-31(12(3)4)16-9-17(32(40)41)22(33)19-14(16)7-13-8-15-21(30(5)6)24(35)20(27(29)38)26(37)28(15,39)25(36)18(13)23(19)34/h9,11-13,15,21,33-34,37,39H,7-8,10H2,1-6H3,(H2,29,38)/t13?,15?,21-,28-/m0/s1. The van der Waals surface area contributed by atoms with Gasteiger partial charge < -0.3 is 31.1 Å². The van der Waals surface area contributed by atoms with Crippen LogP contribution in [0.1, 0.15) is 45.2 Å². The van der Waals surface area contributed by atoms with E-state index in [0.29, 0.717) is 17.8 Å². The number of hydrogen-bond donors (Lipinski definition) is 5. The van der Waals surface area contributed by atoms with Crippen LogP contribution in [0.25, 0.3) is 5.76 Å². The van der Waals surface area contributed by atoms with Crippen molar-refractivity contribution in [2.75, 3.05) is 25.5 Å². The Hall–Kier alpha value is -3.97. The number of nitrogens with two attached hydrogens (primary N) is 1. The number of rotatable bonds is 7. The number of nitro groups is 1. The number of ketones is 2. The van der Waals surface area contributed by atoms with Gasteiger partial charge in [-0.05, 0) is 58.2 Å². The van der Waals surface area contributed by atoms with E-state index in [1.54, 1.807) is 0 Å². The summed E-state index contributed by atoms with van der Waals surface area (Å²) in [5.74, 6) is -7.99. The zero-order valence-corrected chi connectivity index (χ0v) is 23.8. The predicted octanol–water partition coefficient (Wildman–Crippen LogP) is 1.74. The van der Waals surface area contributed by atoms with Gasteiger partial charge in [0.15, 0.2) is 11.4 Å². The Kier molecular flexibility index (Phi) is 7.42. The van der Waals surface area contributed by atoms with Crippen LogP contribution in [0.15, 0.2) is 23.0 Å². The van der Waals surface area contributed by atoms with Gasteiger partial charge in [0, 0.05) is 35.8 Å². The first-order chi connectivity index (χ1) is 19.0. The van der Waals surface area contributed by atoms with Crippen LogP contribution in [-0.2, 0) is 20.8 Å². The Bertz CT molecular complexity index is 1430. The van der Waals surface area contributed by atoms with Gasteiger partial charge >= 0.3 is 5.69 Å². The number of carbonyl (C=O) groups is 3. The summed E-state index contributed by atoms with van der Waals surface area (Å²) in [6.07, 6.45) is -0.0362. The van der Waals surface area contributed by atoms with Crippen molar-refractivity contribution in [1.82, 2.24) is 4.90 Å². The smallest absolute Gasteiger partial charge is 0.313 e. The first kappa shape index (κ1) is 30.0. The molecule has 1 amide bonds. The number of likely N-dealkylation sites (N-methyl/N-ethyl adjacent to an activating group) is 1. The number of nitrogens with zero attached hydrogens (tertiary/aromatic N) is 3. The molecule has 4 atom stereocenters. The molecule has 0 saturated heterocycles. The minimum absolute atomic E-state index is 0.0384. The Morgan fingerprint density at radius 3 is 2.29 bits per heavy atom. The number of carbonyl (C=O) groups excluding carboxylic acids is 3. The molecule has 41 heavy (non-hydrogen) atoms. The van der Waals surface area contributed by atoms with Crippen LogP contribution in [0.5, 0.6) is 5.75 Å². The molecule has 4 rings (SSSR count). The number of phenolic OH excluding ortho intramolecular Hbond substituents is 1. The lowest BCUT2D eigenvalue weighted by Crippen LogP contribution is -2.65. The molecule has 0 heterocycles. The van der Waals surface area contributed by atoms with Crippen molar-refractivity contribution in [3.8, 4) is 5.75 Å². The summed E-state index contributed by atoms with van der Waals surface area (Å²) in [4.78, 5) is 53.9. The van der Waals surface area contributed by atoms with Crippen molar-refractivity contribution in [2.45, 2.75) is 58.2 Å². The van der Waals surface area contributed by atoms with E-state index in [1.807, 2.05) is 32.6 Å². The van der Waals surface area contributed by atoms with E-state index in [1.165, 1.54) is 25.1 Å². The molecule has 0 bridgehead atoms. The number of amides is 1. The van der Waals surface area contributed by atoms with Gasteiger partial charge in [-0.2, -0.15) is 0 Å². The minimum atomic E-state index is -2.79. The van der Waals surface area contributed by atoms with Crippen molar-refractivity contribution < 1.29 is 39.7 Å². The summed E-state index contributed by atoms with van der Waals surface area (Å²) >= 11 is 0. The molecular weight excluding hydrogens is 536 g/mol. The van der Waals surface area contributed by atoms with E-state index in [2.05, 4.69) is 0 Å². The van der Waals surface area contributed by atoms with Gasteiger partial charge in [-0.25, -0.2) is 0 Å². The second-order valence-electron chi connectivity index (χ2n) is 12.0. The Labute approximate surface area is 236 Å². The van der Waals surface area contributed by atoms with Crippen molar-refractivity contribution in [3.63, 3.8) is 0 Å². The van der Waals surface area contributed by atoms with E-state index in [-0.39, 0.29) is 35.9 Å². The lowest BCUT2D eigenvalue weighted by Gasteiger charge is -2.50. The van der Waals surface area contributed by atoms with Crippen LogP contribution in [0, 0.1) is 27.9 Å². The van der Waals surface area contributed by atoms with Gasteiger partial charge in [0.1, 0.15) is 17.1 Å². The molecule has 6 N–H and O–H groups in total. The maximum atomic E-state index is 14.0. The highest BCUT2D eigenvalue weighted by atomic mass is 16.6. The van der Waals surface area contributed by atoms with Crippen molar-refractivity contribution in [1.29, 1.82) is 0 Å². The summed E-state index contributed by atoms with van der Waals surface area (Å²) in [5, 5.41) is 57.2. The van der Waals surface area contributed by atoms with E-state index < -0.39 is 74.4 Å². The van der Waals surface area contributed by atoms with E-state index >= 15 is 0 Å². The number of hydrogen-bond acceptors (Lipinski definition) is 11. The van der Waals surface area contributed by atoms with Gasteiger partial charge in [-0.1, -0.05) is 13.8 Å². The maximum absolute atomic E-state index is 14.0. The Balaban J connectivity index is 2.04. The summed E-state index contributed by atoms with van der Waals surface area (Å²) < 4.78 is 0. The van der Waals surface area contributed by atoms with Crippen LogP contribution < -0.4 is 10.6 Å². The van der Waals surface area contributed by atoms with Crippen molar-refractivity contribution >= 4 is 34.6 Å². The molecule has 0 aromatic heterocycles. The fraction of sp³-hybridized carbons (Fsp3) is 0.536. The molecule has 222 valence electrons. The number of phenols is 1. The van der Waals surface area contributed by atoms with Crippen LogP contribution in [0.4, 0.5) is 11.4 Å². The average Bonchev–Trinajstić information content (AvgIpc) is 2.84. The fourth-order valence-electron chi connectivity index (χ4n) is 6.65. The van der Waals surface area contributed by atoms with E-state index in [4.69, 9.17) is 5.73 Å². The van der Waals surface area contributed by atoms with E-state index in [9.17, 15) is 44.9 Å². The quantitative estimate of drug-likeness (QED) is 0.181. The average molecular weight is 573 g/mol. The first-order valence-corrected chi connectivity index (χ1v) is 13.4. The lowest BCUT2D eigenvalue weighted by molar-refractivity contribution is -0.385. The molecule has 1 aromatic carbocycles. The highest BCUT2D eigenvalue weighted by Gasteiger charge is 2.64. The third kappa shape index (κ3) is 4.34. The summed E-state index contributed by atoms with van der Waals surface area (Å²) in [5.41, 5.74) is 1.10. The molecule has 13 nitrogen and oxygen atoms in total. The van der Waals surface area contributed by atoms with Crippen LogP contribution in [0.3, 0.4) is 0 Å². The molecule has 3 aliphatic carbocycles. The number of aromatic hydroxyl groups is 1. The second-order valence-corrected chi connectivity index (χ2v) is 12.0. The molecular formula is C28H36N4O9. The third-order valence-electron chi connectivity index (χ3n) is 8.37. The van der Waals surface area contributed by atoms with Gasteiger partial charge in [0.2, 0.25) is 11.5 Å². The molecule has 13 heteroatoms. The third-order valence-corrected chi connectivity index (χ3v) is 8.37. The molecule has 0 spiro atoms. The fourth-order valence-corrected chi connectivity index (χ4v) is 6.65. The van der Waals surface area contributed by atoms with Gasteiger partial charge in [0.25, 0.3) is 5.91 Å². The van der Waals surface area contributed by atoms with Crippen molar-refractivity contribution in [2.24, 2.45) is 23.5 Å². The first-order valence-electron chi connectivity index (χ1n) is 13.4. The molecule has 0 radical (unpaired) electrons. The summed E-state index contributed by atoms with van der Waals surface area (Å²) in [7, 11) is 3.05. The van der Waals surface area contributed by atoms with Gasteiger partial charge in [-0.15, -0.1) is 0 Å².